The minimum Gasteiger partial charge on any atom is -0.368 e. The molecule has 0 bridgehead atoms. The van der Waals surface area contributed by atoms with E-state index in [0.29, 0.717) is 18.8 Å². The van der Waals surface area contributed by atoms with E-state index in [1.165, 1.54) is 0 Å². The highest BCUT2D eigenvalue weighted by Gasteiger charge is 2.48. The molecule has 4 nitrogen and oxygen atoms in total. The molecule has 1 amide bonds. The molecule has 0 aromatic carbocycles. The normalized spacial score (nSPS) is 38.4. The zero-order chi connectivity index (χ0) is 13.3. The molecule has 0 radical (unpaired) electrons. The van der Waals surface area contributed by atoms with Crippen molar-refractivity contribution in [1.29, 1.82) is 0 Å². The first-order valence-electron chi connectivity index (χ1n) is 6.63. The van der Waals surface area contributed by atoms with Gasteiger partial charge in [-0.2, -0.15) is 0 Å². The van der Waals surface area contributed by atoms with Crippen molar-refractivity contribution in [3.05, 3.63) is 0 Å². The van der Waals surface area contributed by atoms with Gasteiger partial charge in [0.15, 0.2) is 0 Å². The molecule has 0 aromatic rings. The fourth-order valence-electron chi connectivity index (χ4n) is 3.24. The Morgan fingerprint density at radius 1 is 1.35 bits per heavy atom. The summed E-state index contributed by atoms with van der Waals surface area (Å²) < 4.78 is 0. The van der Waals surface area contributed by atoms with Crippen LogP contribution in [0.25, 0.3) is 0 Å². The lowest BCUT2D eigenvalue weighted by molar-refractivity contribution is -0.126. The van der Waals surface area contributed by atoms with Gasteiger partial charge in [0.2, 0.25) is 5.91 Å². The number of hydrogen-bond donors (Lipinski definition) is 3. The van der Waals surface area contributed by atoms with Crippen LogP contribution in [-0.2, 0) is 4.79 Å². The Balaban J connectivity index is 2.92. The molecule has 6 N–H and O–H groups in total. The van der Waals surface area contributed by atoms with Crippen LogP contribution in [-0.4, -0.2) is 17.0 Å². The molecule has 0 aliphatic heterocycles. The van der Waals surface area contributed by atoms with Gasteiger partial charge in [0.25, 0.3) is 0 Å². The van der Waals surface area contributed by atoms with E-state index in [0.717, 1.165) is 19.3 Å². The molecule has 1 saturated carbocycles. The van der Waals surface area contributed by atoms with Gasteiger partial charge in [-0.25, -0.2) is 0 Å². The summed E-state index contributed by atoms with van der Waals surface area (Å²) in [7, 11) is 0. The van der Waals surface area contributed by atoms with E-state index in [1.54, 1.807) is 0 Å². The van der Waals surface area contributed by atoms with Crippen molar-refractivity contribution in [2.24, 2.45) is 29.0 Å². The van der Waals surface area contributed by atoms with Crippen LogP contribution in [0.15, 0.2) is 0 Å². The van der Waals surface area contributed by atoms with E-state index in [4.69, 9.17) is 17.2 Å². The first-order valence-corrected chi connectivity index (χ1v) is 6.63. The van der Waals surface area contributed by atoms with Crippen LogP contribution >= 0.6 is 0 Å². The summed E-state index contributed by atoms with van der Waals surface area (Å²) in [6.45, 7) is 6.44. The summed E-state index contributed by atoms with van der Waals surface area (Å²) in [5, 5.41) is 0. The van der Waals surface area contributed by atoms with Crippen molar-refractivity contribution in [2.75, 3.05) is 0 Å². The third kappa shape index (κ3) is 2.80. The molecule has 1 aliphatic carbocycles. The van der Waals surface area contributed by atoms with E-state index in [1.807, 2.05) is 0 Å². The third-order valence-corrected chi connectivity index (χ3v) is 4.37. The van der Waals surface area contributed by atoms with Crippen LogP contribution in [0, 0.1) is 11.8 Å². The second-order valence-corrected chi connectivity index (χ2v) is 6.06. The van der Waals surface area contributed by atoms with Gasteiger partial charge in [0, 0.05) is 5.54 Å². The Hall–Kier alpha value is -0.610. The Kier molecular flexibility index (Phi) is 4.20. The van der Waals surface area contributed by atoms with Gasteiger partial charge in [-0.3, -0.25) is 4.79 Å². The molecular formula is C13H27N3O. The van der Waals surface area contributed by atoms with Gasteiger partial charge in [-0.1, -0.05) is 27.2 Å². The molecule has 2 unspecified atom stereocenters. The Morgan fingerprint density at radius 3 is 2.35 bits per heavy atom. The second-order valence-electron chi connectivity index (χ2n) is 6.06. The summed E-state index contributed by atoms with van der Waals surface area (Å²) in [5.74, 6) is 0.310. The van der Waals surface area contributed by atoms with E-state index in [2.05, 4.69) is 20.8 Å². The van der Waals surface area contributed by atoms with Gasteiger partial charge in [0.1, 0.15) is 0 Å². The number of rotatable bonds is 4. The highest BCUT2D eigenvalue weighted by Crippen LogP contribution is 2.42. The maximum Gasteiger partial charge on any atom is 0.237 e. The molecule has 0 spiro atoms. The van der Waals surface area contributed by atoms with Gasteiger partial charge < -0.3 is 17.2 Å². The Morgan fingerprint density at radius 2 is 1.94 bits per heavy atom. The van der Waals surface area contributed by atoms with Crippen molar-refractivity contribution >= 4 is 5.91 Å². The van der Waals surface area contributed by atoms with E-state index in [-0.39, 0.29) is 17.4 Å². The average molecular weight is 241 g/mol. The molecule has 3 atom stereocenters. The van der Waals surface area contributed by atoms with Crippen LogP contribution in [0.4, 0.5) is 0 Å². The third-order valence-electron chi connectivity index (χ3n) is 4.37. The standard InChI is InChI=1S/C13H27N3O/c1-4-5-12(15)6-7-13(16,11(14)17)8-10(12)9(2)3/h9-10H,4-8,15-16H2,1-3H3,(H2,14,17)/t10?,12-,13?/m0/s1. The first-order chi connectivity index (χ1) is 7.75. The number of amides is 1. The predicted molar refractivity (Wildman–Crippen MR) is 70.1 cm³/mol. The number of carbonyl (C=O) groups excluding carboxylic acids is 1. The minimum atomic E-state index is -0.856. The summed E-state index contributed by atoms with van der Waals surface area (Å²) in [4.78, 5) is 11.5. The minimum absolute atomic E-state index is 0.179. The van der Waals surface area contributed by atoms with Gasteiger partial charge >= 0.3 is 0 Å². The molecule has 100 valence electrons. The van der Waals surface area contributed by atoms with Crippen LogP contribution in [0.2, 0.25) is 0 Å². The predicted octanol–water partition coefficient (Wildman–Crippen LogP) is 1.12. The molecule has 1 aliphatic rings. The monoisotopic (exact) mass is 241 g/mol. The summed E-state index contributed by atoms with van der Waals surface area (Å²) in [6.07, 6.45) is 4.08. The molecule has 4 heteroatoms. The molecule has 0 aromatic heterocycles. The van der Waals surface area contributed by atoms with Gasteiger partial charge in [0.05, 0.1) is 5.54 Å². The Bertz CT molecular complexity index is 292. The topological polar surface area (TPSA) is 95.1 Å². The largest absolute Gasteiger partial charge is 0.368 e. The summed E-state index contributed by atoms with van der Waals surface area (Å²) in [6, 6.07) is 0. The van der Waals surface area contributed by atoms with Crippen LogP contribution in [0.5, 0.6) is 0 Å². The number of nitrogens with two attached hydrogens (primary N) is 3. The second kappa shape index (κ2) is 4.94. The van der Waals surface area contributed by atoms with Crippen molar-refractivity contribution < 1.29 is 4.79 Å². The fraction of sp³-hybridized carbons (Fsp3) is 0.923. The maximum atomic E-state index is 11.5. The Labute approximate surface area is 104 Å². The fourth-order valence-corrected chi connectivity index (χ4v) is 3.24. The number of carbonyl (C=O) groups is 1. The molecular weight excluding hydrogens is 214 g/mol. The molecule has 0 saturated heterocycles. The smallest absolute Gasteiger partial charge is 0.237 e. The van der Waals surface area contributed by atoms with Crippen molar-refractivity contribution in [3.8, 4) is 0 Å². The molecule has 1 fully saturated rings. The maximum absolute atomic E-state index is 11.5. The molecule has 1 rings (SSSR count). The quantitative estimate of drug-likeness (QED) is 0.688. The SMILES string of the molecule is CCC[C@]1(N)CCC(N)(C(N)=O)CC1C(C)C. The number of hydrogen-bond acceptors (Lipinski definition) is 3. The molecule has 0 heterocycles. The highest BCUT2D eigenvalue weighted by atomic mass is 16.1. The van der Waals surface area contributed by atoms with E-state index < -0.39 is 5.54 Å². The average Bonchev–Trinajstić information content (AvgIpc) is 2.22. The lowest BCUT2D eigenvalue weighted by atomic mass is 9.61. The van der Waals surface area contributed by atoms with Gasteiger partial charge in [-0.15, -0.1) is 0 Å². The molecule has 17 heavy (non-hydrogen) atoms. The first kappa shape index (κ1) is 14.5. The summed E-state index contributed by atoms with van der Waals surface area (Å²) in [5.41, 5.74) is 17.0. The van der Waals surface area contributed by atoms with Crippen molar-refractivity contribution in [2.45, 2.75) is 64.0 Å². The number of primary amides is 1. The van der Waals surface area contributed by atoms with Crippen molar-refractivity contribution in [1.82, 2.24) is 0 Å². The van der Waals surface area contributed by atoms with Crippen molar-refractivity contribution in [3.63, 3.8) is 0 Å². The van der Waals surface area contributed by atoms with Gasteiger partial charge in [-0.05, 0) is 37.5 Å². The van der Waals surface area contributed by atoms with Crippen LogP contribution < -0.4 is 17.2 Å². The summed E-state index contributed by atoms with van der Waals surface area (Å²) >= 11 is 0. The zero-order valence-corrected chi connectivity index (χ0v) is 11.3. The van der Waals surface area contributed by atoms with Crippen LogP contribution in [0.3, 0.4) is 0 Å². The van der Waals surface area contributed by atoms with E-state index >= 15 is 0 Å². The lowest BCUT2D eigenvalue weighted by Gasteiger charge is -2.49. The zero-order valence-electron chi connectivity index (χ0n) is 11.3. The van der Waals surface area contributed by atoms with Crippen LogP contribution in [0.1, 0.15) is 52.9 Å². The lowest BCUT2D eigenvalue weighted by Crippen LogP contribution is -2.63. The highest BCUT2D eigenvalue weighted by molar-refractivity contribution is 5.84. The van der Waals surface area contributed by atoms with E-state index in [9.17, 15) is 4.79 Å².